The summed E-state index contributed by atoms with van der Waals surface area (Å²) in [6.07, 6.45) is 0. The van der Waals surface area contributed by atoms with Gasteiger partial charge in [-0.15, -0.1) is 10.2 Å². The molecule has 0 radical (unpaired) electrons. The second kappa shape index (κ2) is 9.46. The number of amides is 1. The highest BCUT2D eigenvalue weighted by molar-refractivity contribution is 8.00. The first-order valence-corrected chi connectivity index (χ1v) is 10.9. The number of carbonyl (C=O) groups excluding carboxylic acids is 1. The van der Waals surface area contributed by atoms with Gasteiger partial charge in [0.2, 0.25) is 5.91 Å². The van der Waals surface area contributed by atoms with Crippen LogP contribution in [0.2, 0.25) is 5.02 Å². The quantitative estimate of drug-likeness (QED) is 0.478. The lowest BCUT2D eigenvalue weighted by Crippen LogP contribution is -2.23. The first-order chi connectivity index (χ1) is 13.9. The molecule has 0 saturated heterocycles. The molecular formula is C22H25ClN4OS. The average Bonchev–Trinajstić information content (AvgIpc) is 3.10. The lowest BCUT2D eigenvalue weighted by molar-refractivity contribution is -0.115. The van der Waals surface area contributed by atoms with Crippen molar-refractivity contribution >= 4 is 35.0 Å². The molecule has 0 aliphatic carbocycles. The molecule has 0 saturated carbocycles. The molecule has 1 unspecified atom stereocenters. The third-order valence-corrected chi connectivity index (χ3v) is 5.92. The molecule has 7 heteroatoms. The third-order valence-electron chi connectivity index (χ3n) is 4.61. The van der Waals surface area contributed by atoms with E-state index in [0.717, 1.165) is 22.6 Å². The molecular weight excluding hydrogens is 404 g/mol. The Morgan fingerprint density at radius 1 is 1.14 bits per heavy atom. The lowest BCUT2D eigenvalue weighted by atomic mass is 10.0. The highest BCUT2D eigenvalue weighted by Gasteiger charge is 2.21. The van der Waals surface area contributed by atoms with Gasteiger partial charge in [0.05, 0.1) is 5.25 Å². The Bertz CT molecular complexity index is 1000. The largest absolute Gasteiger partial charge is 0.325 e. The van der Waals surface area contributed by atoms with Crippen LogP contribution in [0, 0.1) is 0 Å². The van der Waals surface area contributed by atoms with Gasteiger partial charge >= 0.3 is 0 Å². The van der Waals surface area contributed by atoms with E-state index in [2.05, 4.69) is 29.4 Å². The van der Waals surface area contributed by atoms with Crippen LogP contribution in [0.25, 0.3) is 11.4 Å². The van der Waals surface area contributed by atoms with E-state index in [9.17, 15) is 4.79 Å². The maximum Gasteiger partial charge on any atom is 0.237 e. The molecule has 152 valence electrons. The highest BCUT2D eigenvalue weighted by atomic mass is 35.5. The van der Waals surface area contributed by atoms with Gasteiger partial charge in [0.25, 0.3) is 0 Å². The Morgan fingerprint density at radius 3 is 2.59 bits per heavy atom. The molecule has 3 rings (SSSR count). The van der Waals surface area contributed by atoms with Crippen LogP contribution < -0.4 is 5.32 Å². The minimum absolute atomic E-state index is 0.0574. The Balaban J connectivity index is 1.77. The molecule has 0 bridgehead atoms. The summed E-state index contributed by atoms with van der Waals surface area (Å²) in [5.74, 6) is 1.02. The van der Waals surface area contributed by atoms with E-state index in [-0.39, 0.29) is 11.2 Å². The van der Waals surface area contributed by atoms with Crippen molar-refractivity contribution in [2.45, 2.75) is 50.6 Å². The van der Waals surface area contributed by atoms with Gasteiger partial charge in [0.15, 0.2) is 11.0 Å². The minimum atomic E-state index is -0.322. The second-order valence-electron chi connectivity index (χ2n) is 7.05. The number of thioether (sulfide) groups is 1. The molecule has 3 aromatic rings. The van der Waals surface area contributed by atoms with Crippen molar-refractivity contribution in [1.29, 1.82) is 0 Å². The number of hydrogen-bond donors (Lipinski definition) is 1. The summed E-state index contributed by atoms with van der Waals surface area (Å²) in [6.45, 7) is 8.84. The number of nitrogens with one attached hydrogen (secondary N) is 1. The molecule has 2 aromatic carbocycles. The van der Waals surface area contributed by atoms with Crippen molar-refractivity contribution in [3.05, 3.63) is 59.1 Å². The zero-order valence-electron chi connectivity index (χ0n) is 17.0. The Kier molecular flexibility index (Phi) is 6.98. The summed E-state index contributed by atoms with van der Waals surface area (Å²) < 4.78 is 2.00. The van der Waals surface area contributed by atoms with Gasteiger partial charge in [0.1, 0.15) is 0 Å². The summed E-state index contributed by atoms with van der Waals surface area (Å²) >= 11 is 7.52. The minimum Gasteiger partial charge on any atom is -0.325 e. The number of carbonyl (C=O) groups is 1. The number of aromatic nitrogens is 3. The average molecular weight is 429 g/mol. The van der Waals surface area contributed by atoms with E-state index in [1.165, 1.54) is 11.8 Å². The van der Waals surface area contributed by atoms with Gasteiger partial charge in [-0.3, -0.25) is 4.79 Å². The van der Waals surface area contributed by atoms with Crippen LogP contribution in [0.15, 0.2) is 53.7 Å². The lowest BCUT2D eigenvalue weighted by Gasteiger charge is -2.16. The van der Waals surface area contributed by atoms with E-state index in [1.807, 2.05) is 66.9 Å². The second-order valence-corrected chi connectivity index (χ2v) is 8.80. The fraction of sp³-hybridized carbons (Fsp3) is 0.318. The van der Waals surface area contributed by atoms with Crippen LogP contribution in [-0.4, -0.2) is 25.9 Å². The number of benzene rings is 2. The third kappa shape index (κ3) is 5.00. The van der Waals surface area contributed by atoms with E-state index >= 15 is 0 Å². The predicted octanol–water partition coefficient (Wildman–Crippen LogP) is 5.86. The smallest absolute Gasteiger partial charge is 0.237 e. The van der Waals surface area contributed by atoms with Crippen LogP contribution in [0.4, 0.5) is 5.69 Å². The molecule has 1 amide bonds. The molecule has 29 heavy (non-hydrogen) atoms. The summed E-state index contributed by atoms with van der Waals surface area (Å²) in [5, 5.41) is 12.8. The summed E-state index contributed by atoms with van der Waals surface area (Å²) in [5.41, 5.74) is 2.89. The Labute approximate surface area is 180 Å². The summed E-state index contributed by atoms with van der Waals surface area (Å²) in [6, 6.07) is 15.4. The van der Waals surface area contributed by atoms with Crippen LogP contribution >= 0.6 is 23.4 Å². The van der Waals surface area contributed by atoms with E-state index in [0.29, 0.717) is 22.6 Å². The maximum absolute atomic E-state index is 12.8. The van der Waals surface area contributed by atoms with Gasteiger partial charge in [-0.05, 0) is 43.5 Å². The predicted molar refractivity (Wildman–Crippen MR) is 121 cm³/mol. The first kappa shape index (κ1) is 21.4. The van der Waals surface area contributed by atoms with Crippen molar-refractivity contribution in [3.8, 4) is 11.4 Å². The number of rotatable bonds is 7. The fourth-order valence-corrected chi connectivity index (χ4v) is 4.17. The van der Waals surface area contributed by atoms with Crippen molar-refractivity contribution in [1.82, 2.24) is 14.8 Å². The number of para-hydroxylation sites is 1. The van der Waals surface area contributed by atoms with Crippen molar-refractivity contribution in [2.75, 3.05) is 5.32 Å². The van der Waals surface area contributed by atoms with E-state index in [4.69, 9.17) is 11.6 Å². The fourth-order valence-electron chi connectivity index (χ4n) is 3.06. The van der Waals surface area contributed by atoms with Crippen LogP contribution in [-0.2, 0) is 11.3 Å². The number of nitrogens with zero attached hydrogens (tertiary/aromatic N) is 3. The normalized spacial score (nSPS) is 12.2. The molecule has 1 aromatic heterocycles. The zero-order chi connectivity index (χ0) is 21.0. The maximum atomic E-state index is 12.8. The summed E-state index contributed by atoms with van der Waals surface area (Å²) in [4.78, 5) is 12.8. The molecule has 0 fully saturated rings. The van der Waals surface area contributed by atoms with E-state index < -0.39 is 0 Å². The van der Waals surface area contributed by atoms with Crippen LogP contribution in [0.3, 0.4) is 0 Å². The monoisotopic (exact) mass is 428 g/mol. The van der Waals surface area contributed by atoms with Crippen LogP contribution in [0.5, 0.6) is 0 Å². The topological polar surface area (TPSA) is 59.8 Å². The molecule has 1 N–H and O–H groups in total. The molecule has 5 nitrogen and oxygen atoms in total. The molecule has 1 atom stereocenters. The SMILES string of the molecule is CCn1c(SC(C)C(=O)Nc2ccccc2C(C)C)nnc1-c1cccc(Cl)c1. The molecule has 1 heterocycles. The van der Waals surface area contributed by atoms with Gasteiger partial charge in [-0.25, -0.2) is 0 Å². The molecule has 0 aliphatic heterocycles. The first-order valence-electron chi connectivity index (χ1n) is 9.66. The molecule has 0 aliphatic rings. The Hall–Kier alpha value is -2.31. The zero-order valence-corrected chi connectivity index (χ0v) is 18.6. The molecule has 0 spiro atoms. The van der Waals surface area contributed by atoms with Crippen molar-refractivity contribution in [3.63, 3.8) is 0 Å². The van der Waals surface area contributed by atoms with Gasteiger partial charge in [-0.2, -0.15) is 0 Å². The number of halogens is 1. The number of hydrogen-bond acceptors (Lipinski definition) is 4. The van der Waals surface area contributed by atoms with Crippen molar-refractivity contribution < 1.29 is 4.79 Å². The van der Waals surface area contributed by atoms with E-state index in [1.54, 1.807) is 0 Å². The Morgan fingerprint density at radius 2 is 1.90 bits per heavy atom. The van der Waals surface area contributed by atoms with Gasteiger partial charge < -0.3 is 9.88 Å². The number of anilines is 1. The van der Waals surface area contributed by atoms with Gasteiger partial charge in [0, 0.05) is 22.8 Å². The highest BCUT2D eigenvalue weighted by Crippen LogP contribution is 2.29. The standard InChI is InChI=1S/C22H25ClN4OS/c1-5-27-20(16-9-8-10-17(23)13-16)25-26-22(27)29-15(4)21(28)24-19-12-7-6-11-18(19)14(2)3/h6-15H,5H2,1-4H3,(H,24,28). The van der Waals surface area contributed by atoms with Crippen LogP contribution in [0.1, 0.15) is 39.2 Å². The van der Waals surface area contributed by atoms with Crippen molar-refractivity contribution in [2.24, 2.45) is 0 Å². The summed E-state index contributed by atoms with van der Waals surface area (Å²) in [7, 11) is 0. The van der Waals surface area contributed by atoms with Gasteiger partial charge in [-0.1, -0.05) is 67.5 Å².